The minimum Gasteiger partial charge on any atom is -0.477 e. The lowest BCUT2D eigenvalue weighted by Crippen LogP contribution is -2.17. The van der Waals surface area contributed by atoms with Gasteiger partial charge in [-0.05, 0) is 49.9 Å². The van der Waals surface area contributed by atoms with Gasteiger partial charge in [0.1, 0.15) is 5.75 Å². The molecule has 0 N–H and O–H groups in total. The van der Waals surface area contributed by atoms with Crippen LogP contribution in [-0.4, -0.2) is 12.5 Å². The van der Waals surface area contributed by atoms with Gasteiger partial charge in [0.25, 0.3) is 0 Å². The number of hydrogen-bond acceptors (Lipinski definition) is 3. The van der Waals surface area contributed by atoms with Crippen molar-refractivity contribution in [2.45, 2.75) is 39.0 Å². The molecule has 1 saturated carbocycles. The van der Waals surface area contributed by atoms with E-state index in [1.165, 1.54) is 32.1 Å². The number of nitrogens with zero attached hydrogens (tertiary/aromatic N) is 1. The largest absolute Gasteiger partial charge is 0.477 e. The summed E-state index contributed by atoms with van der Waals surface area (Å²) < 4.78 is 11.9. The highest BCUT2D eigenvalue weighted by atomic mass is 16.5. The summed E-state index contributed by atoms with van der Waals surface area (Å²) in [4.78, 5) is 4.70. The minimum atomic E-state index is 0.632. The van der Waals surface area contributed by atoms with Crippen molar-refractivity contribution in [3.05, 3.63) is 72.5 Å². The zero-order chi connectivity index (χ0) is 18.0. The molecule has 0 aromatic heterocycles. The molecule has 3 heteroatoms. The number of hydrogen-bond donors (Lipinski definition) is 0. The highest BCUT2D eigenvalue weighted by molar-refractivity contribution is 5.94. The van der Waals surface area contributed by atoms with Gasteiger partial charge >= 0.3 is 0 Å². The maximum Gasteiger partial charge on any atom is 0.219 e. The van der Waals surface area contributed by atoms with Crippen molar-refractivity contribution in [3.8, 4) is 5.75 Å². The van der Waals surface area contributed by atoms with Gasteiger partial charge in [0.05, 0.1) is 18.6 Å². The van der Waals surface area contributed by atoms with Crippen LogP contribution in [0.25, 0.3) is 0 Å². The summed E-state index contributed by atoms with van der Waals surface area (Å²) in [6.45, 7) is 2.70. The van der Waals surface area contributed by atoms with Gasteiger partial charge in [-0.3, -0.25) is 0 Å². The normalized spacial score (nSPS) is 16.3. The third-order valence-electron chi connectivity index (χ3n) is 4.62. The first-order valence-electron chi connectivity index (χ1n) is 9.46. The van der Waals surface area contributed by atoms with E-state index in [1.54, 1.807) is 6.26 Å². The van der Waals surface area contributed by atoms with Gasteiger partial charge in [-0.2, -0.15) is 0 Å². The Morgan fingerprint density at radius 1 is 0.962 bits per heavy atom. The van der Waals surface area contributed by atoms with Crippen LogP contribution in [-0.2, 0) is 4.74 Å². The fourth-order valence-electron chi connectivity index (χ4n) is 3.11. The van der Waals surface area contributed by atoms with Crippen LogP contribution in [0.3, 0.4) is 0 Å². The second-order valence-electron chi connectivity index (χ2n) is 6.80. The highest BCUT2D eigenvalue weighted by Crippen LogP contribution is 2.24. The van der Waals surface area contributed by atoms with E-state index in [-0.39, 0.29) is 0 Å². The smallest absolute Gasteiger partial charge is 0.219 e. The molecule has 0 unspecified atom stereocenters. The van der Waals surface area contributed by atoms with Gasteiger partial charge in [0, 0.05) is 5.57 Å². The lowest BCUT2D eigenvalue weighted by atomic mass is 9.90. The lowest BCUT2D eigenvalue weighted by Gasteiger charge is -2.22. The van der Waals surface area contributed by atoms with Crippen LogP contribution >= 0.6 is 0 Å². The summed E-state index contributed by atoms with van der Waals surface area (Å²) in [5, 5.41) is 0. The maximum atomic E-state index is 6.14. The Bertz CT molecular complexity index is 716. The van der Waals surface area contributed by atoms with Crippen LogP contribution in [0.2, 0.25) is 0 Å². The molecule has 0 atom stereocenters. The van der Waals surface area contributed by atoms with E-state index in [9.17, 15) is 0 Å². The highest BCUT2D eigenvalue weighted by Gasteiger charge is 2.16. The molecule has 0 aliphatic heterocycles. The first-order chi connectivity index (χ1) is 12.8. The number of benzene rings is 2. The van der Waals surface area contributed by atoms with E-state index >= 15 is 0 Å². The van der Waals surface area contributed by atoms with Gasteiger partial charge in [0.15, 0.2) is 0 Å². The monoisotopic (exact) mass is 349 g/mol. The molecule has 1 fully saturated rings. The summed E-state index contributed by atoms with van der Waals surface area (Å²) in [7, 11) is 0. The van der Waals surface area contributed by atoms with Crippen LogP contribution in [0.15, 0.2) is 77.5 Å². The molecule has 0 saturated heterocycles. The van der Waals surface area contributed by atoms with Crippen molar-refractivity contribution in [3.63, 3.8) is 0 Å². The topological polar surface area (TPSA) is 30.8 Å². The van der Waals surface area contributed by atoms with Gasteiger partial charge < -0.3 is 9.47 Å². The number of para-hydroxylation sites is 2. The molecule has 0 spiro atoms. The van der Waals surface area contributed by atoms with Crippen molar-refractivity contribution in [1.29, 1.82) is 0 Å². The van der Waals surface area contributed by atoms with E-state index in [0.717, 1.165) is 23.6 Å². The van der Waals surface area contributed by atoms with Crippen molar-refractivity contribution in [2.24, 2.45) is 10.9 Å². The average molecular weight is 349 g/mol. The average Bonchev–Trinajstić information content (AvgIpc) is 2.71. The molecule has 2 aromatic carbocycles. The van der Waals surface area contributed by atoms with Crippen LogP contribution < -0.4 is 4.74 Å². The molecule has 136 valence electrons. The molecular formula is C23H27NO2. The molecule has 3 nitrogen and oxygen atoms in total. The molecule has 1 aliphatic rings. The Morgan fingerprint density at radius 2 is 1.62 bits per heavy atom. The summed E-state index contributed by atoms with van der Waals surface area (Å²) in [5.41, 5.74) is 1.77. The van der Waals surface area contributed by atoms with Crippen molar-refractivity contribution < 1.29 is 9.47 Å². The predicted octanol–water partition coefficient (Wildman–Crippen LogP) is 6.30. The van der Waals surface area contributed by atoms with E-state index in [4.69, 9.17) is 14.5 Å². The summed E-state index contributed by atoms with van der Waals surface area (Å²) in [5.74, 6) is 2.07. The summed E-state index contributed by atoms with van der Waals surface area (Å²) in [6, 6.07) is 19.7. The number of ether oxygens (including phenoxy) is 2. The molecule has 2 aromatic rings. The quantitative estimate of drug-likeness (QED) is 0.348. The van der Waals surface area contributed by atoms with E-state index < -0.39 is 0 Å². The molecule has 0 bridgehead atoms. The first kappa shape index (κ1) is 18.2. The number of aliphatic imine (C=N–C) groups is 1. The zero-order valence-corrected chi connectivity index (χ0v) is 15.4. The fourth-order valence-corrected chi connectivity index (χ4v) is 3.11. The van der Waals surface area contributed by atoms with Gasteiger partial charge in [-0.1, -0.05) is 55.7 Å². The standard InChI is InChI=1S/C23H27NO2/c1-19(17-25-22-15-9-4-10-16-22)23(24-21-13-7-3-8-14-21)26-18-20-11-5-2-6-12-20/h3-4,7-10,13-17,20H,2,5-6,11-12,18H2,1H3/b19-17+,24-23?. The molecule has 26 heavy (non-hydrogen) atoms. The summed E-state index contributed by atoms with van der Waals surface area (Å²) in [6.07, 6.45) is 8.20. The second-order valence-corrected chi connectivity index (χ2v) is 6.80. The molecule has 3 rings (SSSR count). The van der Waals surface area contributed by atoms with Crippen molar-refractivity contribution >= 4 is 11.6 Å². The zero-order valence-electron chi connectivity index (χ0n) is 15.4. The van der Waals surface area contributed by atoms with Crippen molar-refractivity contribution in [2.75, 3.05) is 6.61 Å². The predicted molar refractivity (Wildman–Crippen MR) is 107 cm³/mol. The van der Waals surface area contributed by atoms with E-state index in [1.807, 2.05) is 67.6 Å². The Balaban J connectivity index is 1.71. The van der Waals surface area contributed by atoms with Gasteiger partial charge in [-0.25, -0.2) is 4.99 Å². The summed E-state index contributed by atoms with van der Waals surface area (Å²) >= 11 is 0. The Labute approximate surface area is 156 Å². The second kappa shape index (κ2) is 9.81. The van der Waals surface area contributed by atoms with Crippen LogP contribution in [0.5, 0.6) is 5.75 Å². The first-order valence-corrected chi connectivity index (χ1v) is 9.46. The van der Waals surface area contributed by atoms with Crippen LogP contribution in [0.4, 0.5) is 5.69 Å². The van der Waals surface area contributed by atoms with E-state index in [0.29, 0.717) is 11.8 Å². The molecule has 1 aliphatic carbocycles. The minimum absolute atomic E-state index is 0.632. The van der Waals surface area contributed by atoms with E-state index in [2.05, 4.69) is 0 Å². The Morgan fingerprint density at radius 3 is 2.31 bits per heavy atom. The van der Waals surface area contributed by atoms with Gasteiger partial charge in [-0.15, -0.1) is 0 Å². The molecule has 0 heterocycles. The molecule has 0 radical (unpaired) electrons. The van der Waals surface area contributed by atoms with Gasteiger partial charge in [0.2, 0.25) is 5.90 Å². The van der Waals surface area contributed by atoms with Crippen molar-refractivity contribution in [1.82, 2.24) is 0 Å². The molecular weight excluding hydrogens is 322 g/mol. The number of rotatable bonds is 6. The third-order valence-corrected chi connectivity index (χ3v) is 4.62. The fraction of sp³-hybridized carbons (Fsp3) is 0.348. The Hall–Kier alpha value is -2.55. The third kappa shape index (κ3) is 5.76. The molecule has 0 amide bonds. The maximum absolute atomic E-state index is 6.14. The SMILES string of the molecule is C/C(=C\Oc1ccccc1)C(=Nc1ccccc1)OCC1CCCCC1. The van der Waals surface area contributed by atoms with Crippen LogP contribution in [0.1, 0.15) is 39.0 Å². The van der Waals surface area contributed by atoms with Crippen LogP contribution in [0, 0.1) is 5.92 Å². The Kier molecular flexibility index (Phi) is 6.88. The lowest BCUT2D eigenvalue weighted by molar-refractivity contribution is 0.199.